The second-order valence-corrected chi connectivity index (χ2v) is 4.86. The zero-order valence-corrected chi connectivity index (χ0v) is 12.2. The van der Waals surface area contributed by atoms with Crippen LogP contribution >= 0.6 is 0 Å². The van der Waals surface area contributed by atoms with E-state index in [9.17, 15) is 9.18 Å². The number of nitrogens with one attached hydrogen (secondary N) is 1. The summed E-state index contributed by atoms with van der Waals surface area (Å²) in [5, 5.41) is 9.15. The number of aromatic carboxylic acids is 1. The van der Waals surface area contributed by atoms with Crippen LogP contribution in [0.2, 0.25) is 0 Å². The molecule has 0 radical (unpaired) electrons. The van der Waals surface area contributed by atoms with Crippen LogP contribution in [-0.4, -0.2) is 28.2 Å². The van der Waals surface area contributed by atoms with E-state index in [1.807, 2.05) is 0 Å². The zero-order valence-electron chi connectivity index (χ0n) is 12.2. The van der Waals surface area contributed by atoms with Gasteiger partial charge >= 0.3 is 5.97 Å². The van der Waals surface area contributed by atoms with Crippen molar-refractivity contribution >= 4 is 29.2 Å². The average Bonchev–Trinajstić information content (AvgIpc) is 2.95. The van der Waals surface area contributed by atoms with E-state index in [0.717, 1.165) is 0 Å². The first-order chi connectivity index (χ1) is 11.1. The second-order valence-electron chi connectivity index (χ2n) is 4.86. The van der Waals surface area contributed by atoms with E-state index < -0.39 is 11.8 Å². The van der Waals surface area contributed by atoms with Gasteiger partial charge in [0.25, 0.3) is 0 Å². The third kappa shape index (κ3) is 2.91. The van der Waals surface area contributed by atoms with Crippen molar-refractivity contribution in [3.05, 3.63) is 59.2 Å². The summed E-state index contributed by atoms with van der Waals surface area (Å²) in [7, 11) is 1.41. The Morgan fingerprint density at radius 1 is 1.30 bits per heavy atom. The highest BCUT2D eigenvalue weighted by Crippen LogP contribution is 2.20. The number of rotatable bonds is 4. The Bertz CT molecular complexity index is 915. The molecule has 0 saturated carbocycles. The van der Waals surface area contributed by atoms with Gasteiger partial charge < -0.3 is 14.8 Å². The van der Waals surface area contributed by atoms with Crippen molar-refractivity contribution in [1.82, 2.24) is 9.97 Å². The van der Waals surface area contributed by atoms with Gasteiger partial charge in [0.2, 0.25) is 0 Å². The number of hydrogen-bond acceptors (Lipinski definition) is 3. The molecule has 0 amide bonds. The lowest BCUT2D eigenvalue weighted by atomic mass is 10.2. The lowest BCUT2D eigenvalue weighted by Crippen LogP contribution is -1.96. The fourth-order valence-electron chi connectivity index (χ4n) is 2.26. The number of carboxylic acid groups (broad SMARTS) is 1. The molecule has 0 atom stereocenters. The van der Waals surface area contributed by atoms with E-state index in [-0.39, 0.29) is 11.3 Å². The minimum atomic E-state index is -1.03. The molecule has 23 heavy (non-hydrogen) atoms. The number of aromatic nitrogens is 2. The van der Waals surface area contributed by atoms with E-state index in [1.54, 1.807) is 30.4 Å². The summed E-state index contributed by atoms with van der Waals surface area (Å²) in [6.07, 6.45) is 3.34. The Hall–Kier alpha value is -3.15. The molecule has 5 nitrogen and oxygen atoms in total. The lowest BCUT2D eigenvalue weighted by Gasteiger charge is -2.01. The first kappa shape index (κ1) is 14.8. The first-order valence-electron chi connectivity index (χ1n) is 6.82. The molecule has 0 bridgehead atoms. The van der Waals surface area contributed by atoms with Gasteiger partial charge in [0, 0.05) is 0 Å². The van der Waals surface area contributed by atoms with Crippen molar-refractivity contribution in [2.75, 3.05) is 7.11 Å². The normalized spacial score (nSPS) is 11.2. The topological polar surface area (TPSA) is 75.2 Å². The summed E-state index contributed by atoms with van der Waals surface area (Å²) >= 11 is 0. The van der Waals surface area contributed by atoms with E-state index in [1.165, 1.54) is 25.3 Å². The number of hydrogen-bond donors (Lipinski definition) is 2. The van der Waals surface area contributed by atoms with Gasteiger partial charge in [-0.2, -0.15) is 0 Å². The van der Waals surface area contributed by atoms with Gasteiger partial charge in [-0.3, -0.25) is 0 Å². The van der Waals surface area contributed by atoms with Crippen LogP contribution in [0.25, 0.3) is 23.2 Å². The summed E-state index contributed by atoms with van der Waals surface area (Å²) in [4.78, 5) is 18.5. The van der Waals surface area contributed by atoms with E-state index in [2.05, 4.69) is 9.97 Å². The average molecular weight is 312 g/mol. The van der Waals surface area contributed by atoms with Crippen molar-refractivity contribution in [1.29, 1.82) is 0 Å². The fourth-order valence-corrected chi connectivity index (χ4v) is 2.26. The monoisotopic (exact) mass is 312 g/mol. The molecule has 116 valence electrons. The molecule has 0 aliphatic rings. The molecule has 1 aromatic heterocycles. The molecule has 0 aliphatic heterocycles. The maximum atomic E-state index is 13.6. The van der Waals surface area contributed by atoms with Gasteiger partial charge in [0.05, 0.1) is 18.2 Å². The van der Waals surface area contributed by atoms with Gasteiger partial charge in [-0.25, -0.2) is 14.2 Å². The molecule has 0 fully saturated rings. The molecule has 1 heterocycles. The van der Waals surface area contributed by atoms with Crippen molar-refractivity contribution in [3.63, 3.8) is 0 Å². The van der Waals surface area contributed by atoms with Crippen LogP contribution in [-0.2, 0) is 0 Å². The summed E-state index contributed by atoms with van der Waals surface area (Å²) in [6, 6.07) is 9.49. The van der Waals surface area contributed by atoms with Crippen LogP contribution in [0.4, 0.5) is 4.39 Å². The van der Waals surface area contributed by atoms with Gasteiger partial charge in [-0.05, 0) is 35.9 Å². The highest BCUT2D eigenvalue weighted by atomic mass is 19.1. The molecule has 3 aromatic rings. The van der Waals surface area contributed by atoms with Gasteiger partial charge in [-0.1, -0.05) is 18.2 Å². The number of H-pyrrole nitrogens is 1. The second kappa shape index (κ2) is 5.92. The number of methoxy groups -OCH3 is 1. The van der Waals surface area contributed by atoms with Crippen molar-refractivity contribution in [2.45, 2.75) is 0 Å². The highest BCUT2D eigenvalue weighted by molar-refractivity contribution is 6.01. The molecule has 2 N–H and O–H groups in total. The molecule has 2 aromatic carbocycles. The fraction of sp³-hybridized carbons (Fsp3) is 0.0588. The van der Waals surface area contributed by atoms with Crippen LogP contribution in [0.1, 0.15) is 21.7 Å². The van der Waals surface area contributed by atoms with Crippen LogP contribution in [0.15, 0.2) is 36.4 Å². The van der Waals surface area contributed by atoms with Crippen molar-refractivity contribution in [2.24, 2.45) is 0 Å². The number of carboxylic acids is 1. The van der Waals surface area contributed by atoms with Crippen LogP contribution < -0.4 is 4.74 Å². The van der Waals surface area contributed by atoms with E-state index in [4.69, 9.17) is 9.84 Å². The summed E-state index contributed by atoms with van der Waals surface area (Å²) < 4.78 is 18.5. The number of ether oxygens (including phenoxy) is 1. The SMILES string of the molecule is COc1ccc(/C=C/c2nc3c(C(=O)O)cccc3[nH]2)cc1F. The Labute approximate surface area is 131 Å². The molecule has 0 aliphatic carbocycles. The summed E-state index contributed by atoms with van der Waals surface area (Å²) in [5.74, 6) is -0.816. The van der Waals surface area contributed by atoms with Gasteiger partial charge in [-0.15, -0.1) is 0 Å². The van der Waals surface area contributed by atoms with Crippen molar-refractivity contribution in [3.8, 4) is 5.75 Å². The molecule has 6 heteroatoms. The number of para-hydroxylation sites is 1. The number of imidazole rings is 1. The maximum absolute atomic E-state index is 13.6. The first-order valence-corrected chi connectivity index (χ1v) is 6.82. The number of fused-ring (bicyclic) bond motifs is 1. The Balaban J connectivity index is 1.94. The molecular formula is C17H13FN2O3. The predicted octanol–water partition coefficient (Wildman–Crippen LogP) is 3.58. The highest BCUT2D eigenvalue weighted by Gasteiger charge is 2.11. The minimum absolute atomic E-state index is 0.133. The molecule has 0 saturated heterocycles. The number of carbonyl (C=O) groups is 1. The number of benzene rings is 2. The minimum Gasteiger partial charge on any atom is -0.494 e. The lowest BCUT2D eigenvalue weighted by molar-refractivity contribution is 0.0699. The molecular weight excluding hydrogens is 299 g/mol. The van der Waals surface area contributed by atoms with Crippen molar-refractivity contribution < 1.29 is 19.0 Å². The maximum Gasteiger partial charge on any atom is 0.337 e. The third-order valence-electron chi connectivity index (χ3n) is 3.37. The Morgan fingerprint density at radius 3 is 2.83 bits per heavy atom. The number of aromatic amines is 1. The molecule has 0 spiro atoms. The van der Waals surface area contributed by atoms with Gasteiger partial charge in [0.1, 0.15) is 11.3 Å². The molecule has 3 rings (SSSR count). The van der Waals surface area contributed by atoms with E-state index in [0.29, 0.717) is 22.4 Å². The van der Waals surface area contributed by atoms with Gasteiger partial charge in [0.15, 0.2) is 11.6 Å². The Morgan fingerprint density at radius 2 is 2.13 bits per heavy atom. The molecule has 0 unspecified atom stereocenters. The van der Waals surface area contributed by atoms with E-state index >= 15 is 0 Å². The quantitative estimate of drug-likeness (QED) is 0.772. The number of nitrogens with zero attached hydrogens (tertiary/aromatic N) is 1. The summed E-state index contributed by atoms with van der Waals surface area (Å²) in [6.45, 7) is 0. The summed E-state index contributed by atoms with van der Waals surface area (Å²) in [5.41, 5.74) is 1.79. The van der Waals surface area contributed by atoms with Crippen LogP contribution in [0.5, 0.6) is 5.75 Å². The zero-order chi connectivity index (χ0) is 16.4. The standard InChI is InChI=1S/C17H13FN2O3/c1-23-14-7-5-10(9-12(14)18)6-8-15-19-13-4-2-3-11(17(21)22)16(13)20-15/h2-9H,1H3,(H,19,20)(H,21,22)/b8-6+. The smallest absolute Gasteiger partial charge is 0.337 e. The number of halogens is 1. The van der Waals surface area contributed by atoms with Crippen LogP contribution in [0, 0.1) is 5.82 Å². The Kier molecular flexibility index (Phi) is 3.80. The van der Waals surface area contributed by atoms with Crippen LogP contribution in [0.3, 0.4) is 0 Å². The largest absolute Gasteiger partial charge is 0.494 e. The third-order valence-corrected chi connectivity index (χ3v) is 3.37. The predicted molar refractivity (Wildman–Crippen MR) is 84.9 cm³/mol.